The smallest absolute Gasteiger partial charge is 0.334 e. The van der Waals surface area contributed by atoms with Gasteiger partial charge in [-0.1, -0.05) is 50.2 Å². The highest BCUT2D eigenvalue weighted by Gasteiger charge is 2.34. The Morgan fingerprint density at radius 1 is 0.617 bits per heavy atom. The molecule has 60 heavy (non-hydrogen) atoms. The summed E-state index contributed by atoms with van der Waals surface area (Å²) in [4.78, 5) is 54.4. The van der Waals surface area contributed by atoms with Gasteiger partial charge < -0.3 is 39.4 Å². The van der Waals surface area contributed by atoms with Gasteiger partial charge in [-0.2, -0.15) is 0 Å². The third-order valence-corrected chi connectivity index (χ3v) is 10.8. The van der Waals surface area contributed by atoms with Crippen molar-refractivity contribution in [2.45, 2.75) is 51.6 Å². The van der Waals surface area contributed by atoms with E-state index in [9.17, 15) is 9.59 Å². The fourth-order valence-electron chi connectivity index (χ4n) is 7.64. The summed E-state index contributed by atoms with van der Waals surface area (Å²) in [6.07, 6.45) is 4.56. The monoisotopic (exact) mass is 814 g/mol. The second-order valence-electron chi connectivity index (χ2n) is 14.6. The molecule has 16 heteroatoms. The van der Waals surface area contributed by atoms with Gasteiger partial charge in [0.15, 0.2) is 11.7 Å². The average molecular weight is 815 g/mol. The summed E-state index contributed by atoms with van der Waals surface area (Å²) in [6, 6.07) is 26.4. The number of fused-ring (bicyclic) bond motifs is 2. The fraction of sp³-hybridized carbons (Fsp3) is 0.364. The van der Waals surface area contributed by atoms with Crippen molar-refractivity contribution >= 4 is 46.6 Å². The molecule has 0 aliphatic carbocycles. The van der Waals surface area contributed by atoms with Crippen LogP contribution in [0.4, 0.5) is 23.0 Å². The quantitative estimate of drug-likeness (QED) is 0.151. The van der Waals surface area contributed by atoms with Gasteiger partial charge >= 0.3 is 24.5 Å². The number of pyridine rings is 2. The summed E-state index contributed by atoms with van der Waals surface area (Å²) >= 11 is 0. The fourth-order valence-corrected chi connectivity index (χ4v) is 7.64. The number of esters is 2. The maximum Gasteiger partial charge on any atom is 0.334 e. The van der Waals surface area contributed by atoms with E-state index in [1.54, 1.807) is 24.5 Å². The van der Waals surface area contributed by atoms with Crippen molar-refractivity contribution in [3.05, 3.63) is 109 Å². The molecule has 2 aromatic carbocycles. The van der Waals surface area contributed by atoms with Crippen molar-refractivity contribution < 1.29 is 28.5 Å². The van der Waals surface area contributed by atoms with Crippen LogP contribution in [0.25, 0.3) is 0 Å². The number of carbonyl (C=O) groups excluding carboxylic acids is 2. The maximum absolute atomic E-state index is 13.3. The highest BCUT2D eigenvalue weighted by molar-refractivity contribution is 5.97. The van der Waals surface area contributed by atoms with Gasteiger partial charge in [-0.15, -0.1) is 0 Å². The Kier molecular flexibility index (Phi) is 12.8. The first kappa shape index (κ1) is 40.3. The van der Waals surface area contributed by atoms with Gasteiger partial charge in [0.05, 0.1) is 12.3 Å². The molecule has 0 spiro atoms. The first-order valence-electron chi connectivity index (χ1n) is 20.5. The van der Waals surface area contributed by atoms with E-state index in [0.717, 1.165) is 89.0 Å². The van der Waals surface area contributed by atoms with E-state index in [0.29, 0.717) is 34.5 Å². The van der Waals surface area contributed by atoms with Crippen LogP contribution in [0, 0.1) is 0 Å². The molecule has 16 nitrogen and oxygen atoms in total. The molecule has 0 saturated carbocycles. The van der Waals surface area contributed by atoms with Crippen LogP contribution < -0.4 is 29.9 Å². The standard InChI is InChI=1S/C44H50N10O6/c1-3-35(51-23-27-53(28-24-51)37-17-9-11-21-45-37)49-41-43(57-33-15-7-5-13-31(33)47-41)59-39(55)19-20-40(56)60-44-42(48-32-14-6-8-16-34(32)58-44)50-36(4-2)52-25-29-54(30-26-52)38-18-10-12-22-46-38/h5-22,35-36,43-44H,3-4,23-30H2,1-2H3,(H,47,49)(H,48,50)/b20-19+. The van der Waals surface area contributed by atoms with E-state index in [2.05, 4.69) is 54.0 Å². The second kappa shape index (κ2) is 19.0. The SMILES string of the molecule is CCC(NC1=Nc2ccccc2OC1OC(=O)/C=C/C(=O)OC1Oc2ccccc2N=C1NC(CC)N1CCN(c2ccccn2)CC1)N1CCN(c2ccccn2)CC1. The lowest BCUT2D eigenvalue weighted by Gasteiger charge is -2.40. The zero-order valence-corrected chi connectivity index (χ0v) is 33.8. The molecule has 2 N–H and O–H groups in total. The Hall–Kier alpha value is -6.52. The van der Waals surface area contributed by atoms with E-state index in [4.69, 9.17) is 28.9 Å². The van der Waals surface area contributed by atoms with Crippen molar-refractivity contribution in [1.82, 2.24) is 30.4 Å². The number of anilines is 2. The summed E-state index contributed by atoms with van der Waals surface area (Å²) in [5.41, 5.74) is 1.22. The van der Waals surface area contributed by atoms with E-state index in [1.165, 1.54) is 0 Å². The number of hydrogen-bond acceptors (Lipinski definition) is 16. The molecular weight excluding hydrogens is 765 g/mol. The van der Waals surface area contributed by atoms with Gasteiger partial charge in [-0.3, -0.25) is 9.80 Å². The Bertz CT molecular complexity index is 2020. The number of aromatic nitrogens is 2. The number of aliphatic imine (C=N–C) groups is 2. The Balaban J connectivity index is 0.897. The largest absolute Gasteiger partial charge is 0.445 e. The lowest BCUT2D eigenvalue weighted by molar-refractivity contribution is -0.153. The van der Waals surface area contributed by atoms with Crippen LogP contribution in [0.2, 0.25) is 0 Å². The molecule has 6 heterocycles. The van der Waals surface area contributed by atoms with Gasteiger partial charge in [0, 0.05) is 76.9 Å². The van der Waals surface area contributed by atoms with Gasteiger partial charge in [-0.05, 0) is 61.4 Å². The highest BCUT2D eigenvalue weighted by Crippen LogP contribution is 2.33. The van der Waals surface area contributed by atoms with Crippen molar-refractivity contribution in [3.8, 4) is 11.5 Å². The molecule has 0 radical (unpaired) electrons. The average Bonchev–Trinajstić information content (AvgIpc) is 3.30. The van der Waals surface area contributed by atoms with Crippen LogP contribution in [0.5, 0.6) is 11.5 Å². The van der Waals surface area contributed by atoms with Crippen molar-refractivity contribution in [2.75, 3.05) is 62.2 Å². The number of para-hydroxylation sites is 4. The molecule has 4 atom stereocenters. The number of nitrogens with zero attached hydrogens (tertiary/aromatic N) is 8. The molecule has 4 aromatic rings. The minimum Gasteiger partial charge on any atom is -0.445 e. The van der Waals surface area contributed by atoms with E-state index in [-0.39, 0.29) is 12.3 Å². The number of ether oxygens (including phenoxy) is 4. The van der Waals surface area contributed by atoms with Crippen molar-refractivity contribution in [3.63, 3.8) is 0 Å². The van der Waals surface area contributed by atoms with Crippen LogP contribution in [0.1, 0.15) is 26.7 Å². The number of carbonyl (C=O) groups is 2. The highest BCUT2D eigenvalue weighted by atomic mass is 16.7. The first-order valence-corrected chi connectivity index (χ1v) is 20.5. The second-order valence-corrected chi connectivity index (χ2v) is 14.6. The molecule has 8 rings (SSSR count). The molecule has 2 saturated heterocycles. The normalized spacial score (nSPS) is 20.3. The number of piperazine rings is 2. The zero-order chi connectivity index (χ0) is 41.3. The van der Waals surface area contributed by atoms with Gasteiger partial charge in [0.25, 0.3) is 0 Å². The van der Waals surface area contributed by atoms with Crippen molar-refractivity contribution in [2.24, 2.45) is 9.98 Å². The predicted octanol–water partition coefficient (Wildman–Crippen LogP) is 4.61. The molecule has 0 amide bonds. The van der Waals surface area contributed by atoms with Crippen LogP contribution in [0.15, 0.2) is 119 Å². The lowest BCUT2D eigenvalue weighted by atomic mass is 10.2. The Labute approximate surface area is 349 Å². The summed E-state index contributed by atoms with van der Waals surface area (Å²) < 4.78 is 23.9. The minimum absolute atomic E-state index is 0.108. The van der Waals surface area contributed by atoms with Crippen LogP contribution in [-0.4, -0.2) is 121 Å². The van der Waals surface area contributed by atoms with Crippen LogP contribution in [0.3, 0.4) is 0 Å². The summed E-state index contributed by atoms with van der Waals surface area (Å²) in [6.45, 7) is 10.6. The van der Waals surface area contributed by atoms with Gasteiger partial charge in [0.2, 0.25) is 0 Å². The maximum atomic E-state index is 13.3. The lowest BCUT2D eigenvalue weighted by Crippen LogP contribution is -2.58. The molecule has 2 aromatic heterocycles. The molecule has 4 aliphatic rings. The minimum atomic E-state index is -1.19. The Morgan fingerprint density at radius 3 is 1.40 bits per heavy atom. The number of amidine groups is 2. The van der Waals surface area contributed by atoms with Gasteiger partial charge in [0.1, 0.15) is 34.5 Å². The number of hydrogen-bond donors (Lipinski definition) is 2. The third-order valence-electron chi connectivity index (χ3n) is 10.8. The summed E-state index contributed by atoms with van der Waals surface area (Å²) in [5, 5.41) is 6.98. The molecule has 4 aliphatic heterocycles. The topological polar surface area (TPSA) is 159 Å². The summed E-state index contributed by atoms with van der Waals surface area (Å²) in [5.74, 6) is 1.91. The number of rotatable bonds is 12. The molecule has 4 unspecified atom stereocenters. The van der Waals surface area contributed by atoms with Crippen LogP contribution >= 0.6 is 0 Å². The van der Waals surface area contributed by atoms with E-state index in [1.807, 2.05) is 72.8 Å². The Morgan fingerprint density at radius 2 is 1.02 bits per heavy atom. The van der Waals surface area contributed by atoms with E-state index >= 15 is 0 Å². The van der Waals surface area contributed by atoms with Gasteiger partial charge in [-0.25, -0.2) is 29.5 Å². The third kappa shape index (κ3) is 9.67. The number of nitrogens with one attached hydrogen (secondary N) is 2. The predicted molar refractivity (Wildman–Crippen MR) is 228 cm³/mol. The molecule has 2 fully saturated rings. The van der Waals surface area contributed by atoms with Crippen LogP contribution in [-0.2, 0) is 19.1 Å². The molecule has 0 bridgehead atoms. The summed E-state index contributed by atoms with van der Waals surface area (Å²) in [7, 11) is 0. The zero-order valence-electron chi connectivity index (χ0n) is 33.8. The first-order chi connectivity index (χ1) is 29.4. The molecule has 312 valence electrons. The van der Waals surface area contributed by atoms with Crippen molar-refractivity contribution in [1.29, 1.82) is 0 Å². The molecular formula is C44H50N10O6. The number of benzene rings is 2. The van der Waals surface area contributed by atoms with E-state index < -0.39 is 24.5 Å².